The first-order valence-electron chi connectivity index (χ1n) is 6.49. The molecule has 2 rings (SSSR count). The van der Waals surface area contributed by atoms with E-state index in [1.165, 1.54) is 6.07 Å². The van der Waals surface area contributed by atoms with E-state index in [4.69, 9.17) is 9.52 Å². The number of carbonyl (C=O) groups is 1. The summed E-state index contributed by atoms with van der Waals surface area (Å²) in [6, 6.07) is 5.77. The van der Waals surface area contributed by atoms with Gasteiger partial charge in [-0.2, -0.15) is 0 Å². The lowest BCUT2D eigenvalue weighted by molar-refractivity contribution is 0.0690. The average Bonchev–Trinajstić information content (AvgIpc) is 2.94. The molecule has 0 fully saturated rings. The Morgan fingerprint density at radius 3 is 2.71 bits per heavy atom. The van der Waals surface area contributed by atoms with Gasteiger partial charge < -0.3 is 14.8 Å². The van der Waals surface area contributed by atoms with Crippen LogP contribution < -0.4 is 5.32 Å². The van der Waals surface area contributed by atoms with Crippen molar-refractivity contribution in [3.05, 3.63) is 53.5 Å². The summed E-state index contributed by atoms with van der Waals surface area (Å²) in [5, 5.41) is 11.5. The molecule has 1 unspecified atom stereocenters. The molecule has 1 heterocycles. The van der Waals surface area contributed by atoms with Gasteiger partial charge >= 0.3 is 5.97 Å². The summed E-state index contributed by atoms with van der Waals surface area (Å²) in [6.07, 6.45) is 2.90. The number of halogens is 2. The second-order valence-corrected chi connectivity index (χ2v) is 4.76. The van der Waals surface area contributed by atoms with Gasteiger partial charge in [0.25, 0.3) is 0 Å². The molecule has 0 bridgehead atoms. The van der Waals surface area contributed by atoms with Crippen molar-refractivity contribution in [1.29, 1.82) is 0 Å². The lowest BCUT2D eigenvalue weighted by Crippen LogP contribution is -2.18. The Morgan fingerprint density at radius 2 is 2.10 bits per heavy atom. The van der Waals surface area contributed by atoms with Gasteiger partial charge in [-0.1, -0.05) is 0 Å². The third kappa shape index (κ3) is 3.59. The molecule has 0 spiro atoms. The summed E-state index contributed by atoms with van der Waals surface area (Å²) in [7, 11) is 0. The number of hydrogen-bond donors (Lipinski definition) is 2. The van der Waals surface area contributed by atoms with Gasteiger partial charge in [-0.25, -0.2) is 13.6 Å². The third-order valence-corrected chi connectivity index (χ3v) is 3.12. The highest BCUT2D eigenvalue weighted by Crippen LogP contribution is 2.22. The van der Waals surface area contributed by atoms with Crippen LogP contribution in [-0.2, 0) is 6.42 Å². The molecule has 4 nitrogen and oxygen atoms in total. The van der Waals surface area contributed by atoms with Gasteiger partial charge in [0.15, 0.2) is 11.6 Å². The minimum atomic E-state index is -1.50. The maximum atomic E-state index is 13.8. The minimum Gasteiger partial charge on any atom is -0.478 e. The van der Waals surface area contributed by atoms with Crippen LogP contribution in [0.1, 0.15) is 29.5 Å². The lowest BCUT2D eigenvalue weighted by Gasteiger charge is -2.16. The van der Waals surface area contributed by atoms with Crippen LogP contribution in [-0.4, -0.2) is 17.1 Å². The Bertz CT molecular complexity index is 626. The number of rotatable bonds is 6. The summed E-state index contributed by atoms with van der Waals surface area (Å²) >= 11 is 0. The van der Waals surface area contributed by atoms with Crippen LogP contribution in [0.2, 0.25) is 0 Å². The Kier molecular flexibility index (Phi) is 4.57. The van der Waals surface area contributed by atoms with Crippen molar-refractivity contribution in [1.82, 2.24) is 0 Å². The summed E-state index contributed by atoms with van der Waals surface area (Å²) in [5.41, 5.74) is -0.731. The van der Waals surface area contributed by atoms with Crippen LogP contribution in [0.25, 0.3) is 0 Å². The van der Waals surface area contributed by atoms with Gasteiger partial charge in [0.2, 0.25) is 0 Å². The number of anilines is 1. The van der Waals surface area contributed by atoms with E-state index in [1.807, 2.05) is 13.0 Å². The number of aromatic carboxylic acids is 1. The molecule has 0 radical (unpaired) electrons. The second-order valence-electron chi connectivity index (χ2n) is 4.76. The van der Waals surface area contributed by atoms with Crippen LogP contribution in [0.4, 0.5) is 14.5 Å². The molecule has 0 saturated carbocycles. The molecule has 0 aliphatic heterocycles. The smallest absolute Gasteiger partial charge is 0.338 e. The molecular formula is C15H15F2NO3. The van der Waals surface area contributed by atoms with Crippen molar-refractivity contribution in [2.45, 2.75) is 25.8 Å². The topological polar surface area (TPSA) is 62.5 Å². The van der Waals surface area contributed by atoms with Crippen molar-refractivity contribution in [2.24, 2.45) is 0 Å². The highest BCUT2D eigenvalue weighted by molar-refractivity contribution is 5.88. The Labute approximate surface area is 120 Å². The van der Waals surface area contributed by atoms with Gasteiger partial charge in [-0.05, 0) is 37.6 Å². The number of furan rings is 1. The lowest BCUT2D eigenvalue weighted by atomic mass is 10.1. The summed E-state index contributed by atoms with van der Waals surface area (Å²) < 4.78 is 32.5. The molecule has 0 saturated heterocycles. The molecule has 21 heavy (non-hydrogen) atoms. The molecule has 1 aromatic carbocycles. The van der Waals surface area contributed by atoms with E-state index in [2.05, 4.69) is 5.32 Å². The number of benzene rings is 1. The van der Waals surface area contributed by atoms with Crippen LogP contribution in [0, 0.1) is 11.6 Å². The SMILES string of the molecule is CC(CCc1ccco1)Nc1ccc(C(=O)O)c(F)c1F. The van der Waals surface area contributed by atoms with Crippen molar-refractivity contribution < 1.29 is 23.1 Å². The Balaban J connectivity index is 2.02. The normalized spacial score (nSPS) is 12.1. The van der Waals surface area contributed by atoms with E-state index < -0.39 is 23.2 Å². The molecule has 112 valence electrons. The van der Waals surface area contributed by atoms with E-state index in [0.717, 1.165) is 11.8 Å². The Morgan fingerprint density at radius 1 is 1.33 bits per heavy atom. The highest BCUT2D eigenvalue weighted by atomic mass is 19.2. The Hall–Kier alpha value is -2.37. The molecule has 1 atom stereocenters. The van der Waals surface area contributed by atoms with Crippen molar-refractivity contribution in [3.8, 4) is 0 Å². The van der Waals surface area contributed by atoms with Gasteiger partial charge in [-0.3, -0.25) is 0 Å². The first-order valence-corrected chi connectivity index (χ1v) is 6.49. The number of aryl methyl sites for hydroxylation is 1. The molecule has 0 aliphatic carbocycles. The number of nitrogens with one attached hydrogen (secondary N) is 1. The quantitative estimate of drug-likeness (QED) is 0.853. The van der Waals surface area contributed by atoms with Crippen molar-refractivity contribution in [2.75, 3.05) is 5.32 Å². The molecule has 0 aliphatic rings. The fourth-order valence-corrected chi connectivity index (χ4v) is 1.98. The van der Waals surface area contributed by atoms with E-state index in [9.17, 15) is 13.6 Å². The summed E-state index contributed by atoms with van der Waals surface area (Å²) in [5.74, 6) is -3.22. The van der Waals surface area contributed by atoms with E-state index in [-0.39, 0.29) is 11.7 Å². The molecular weight excluding hydrogens is 280 g/mol. The van der Waals surface area contributed by atoms with Gasteiger partial charge in [0, 0.05) is 12.5 Å². The van der Waals surface area contributed by atoms with E-state index in [0.29, 0.717) is 12.8 Å². The fourth-order valence-electron chi connectivity index (χ4n) is 1.98. The summed E-state index contributed by atoms with van der Waals surface area (Å²) in [6.45, 7) is 1.82. The third-order valence-electron chi connectivity index (χ3n) is 3.12. The maximum absolute atomic E-state index is 13.8. The van der Waals surface area contributed by atoms with Crippen LogP contribution >= 0.6 is 0 Å². The van der Waals surface area contributed by atoms with Gasteiger partial charge in [0.05, 0.1) is 17.5 Å². The maximum Gasteiger partial charge on any atom is 0.338 e. The van der Waals surface area contributed by atoms with Crippen molar-refractivity contribution in [3.63, 3.8) is 0 Å². The second kappa shape index (κ2) is 6.39. The monoisotopic (exact) mass is 295 g/mol. The molecule has 1 aromatic heterocycles. The van der Waals surface area contributed by atoms with Crippen LogP contribution in [0.5, 0.6) is 0 Å². The molecule has 0 amide bonds. The average molecular weight is 295 g/mol. The number of hydrogen-bond acceptors (Lipinski definition) is 3. The fraction of sp³-hybridized carbons (Fsp3) is 0.267. The van der Waals surface area contributed by atoms with E-state index in [1.54, 1.807) is 12.3 Å². The molecule has 2 aromatic rings. The summed E-state index contributed by atoms with van der Waals surface area (Å²) in [4.78, 5) is 10.7. The van der Waals surface area contributed by atoms with Crippen molar-refractivity contribution >= 4 is 11.7 Å². The standard InChI is InChI=1S/C15H15F2NO3/c1-9(4-5-10-3-2-8-21-10)18-12-7-6-11(15(19)20)13(16)14(12)17/h2-3,6-9,18H,4-5H2,1H3,(H,19,20). The predicted molar refractivity (Wildman–Crippen MR) is 73.4 cm³/mol. The molecule has 2 N–H and O–H groups in total. The zero-order chi connectivity index (χ0) is 15.4. The number of carboxylic acids is 1. The highest BCUT2D eigenvalue weighted by Gasteiger charge is 2.18. The van der Waals surface area contributed by atoms with Gasteiger partial charge in [0.1, 0.15) is 5.76 Å². The predicted octanol–water partition coefficient (Wildman–Crippen LogP) is 3.69. The first-order chi connectivity index (χ1) is 9.99. The zero-order valence-electron chi connectivity index (χ0n) is 11.4. The number of carboxylic acid groups (broad SMARTS) is 1. The van der Waals surface area contributed by atoms with Gasteiger partial charge in [-0.15, -0.1) is 0 Å². The zero-order valence-corrected chi connectivity index (χ0v) is 11.4. The largest absolute Gasteiger partial charge is 0.478 e. The van der Waals surface area contributed by atoms with E-state index >= 15 is 0 Å². The first kappa shape index (κ1) is 15.0. The minimum absolute atomic E-state index is 0.0514. The molecule has 6 heteroatoms. The van der Waals surface area contributed by atoms with Crippen LogP contribution in [0.3, 0.4) is 0 Å². The van der Waals surface area contributed by atoms with Crippen LogP contribution in [0.15, 0.2) is 34.9 Å².